The van der Waals surface area contributed by atoms with Gasteiger partial charge in [-0.3, -0.25) is 0 Å². The predicted molar refractivity (Wildman–Crippen MR) is 63.3 cm³/mol. The molecule has 0 atom stereocenters. The molecule has 0 bridgehead atoms. The first-order chi connectivity index (χ1) is 6.78. The maximum Gasteiger partial charge on any atom is 0.126 e. The van der Waals surface area contributed by atoms with Gasteiger partial charge in [-0.25, -0.2) is 0 Å². The predicted octanol–water partition coefficient (Wildman–Crippen LogP) is 3.62. The molecule has 1 aromatic carbocycles. The zero-order chi connectivity index (χ0) is 10.6. The lowest BCUT2D eigenvalue weighted by molar-refractivity contribution is 0.413. The van der Waals surface area contributed by atoms with Crippen LogP contribution in [-0.4, -0.2) is 7.11 Å². The van der Waals surface area contributed by atoms with E-state index >= 15 is 0 Å². The summed E-state index contributed by atoms with van der Waals surface area (Å²) in [5.74, 6) is 0.806. The maximum atomic E-state index is 5.22. The fourth-order valence-electron chi connectivity index (χ4n) is 1.43. The van der Waals surface area contributed by atoms with Gasteiger partial charge in [0.2, 0.25) is 0 Å². The van der Waals surface area contributed by atoms with Crippen LogP contribution in [0.15, 0.2) is 31.9 Å². The minimum absolute atomic E-state index is 0.806. The van der Waals surface area contributed by atoms with Crippen LogP contribution < -0.4 is 4.74 Å². The van der Waals surface area contributed by atoms with Crippen molar-refractivity contribution in [1.29, 1.82) is 0 Å². The molecule has 0 saturated carbocycles. The van der Waals surface area contributed by atoms with E-state index in [-0.39, 0.29) is 0 Å². The summed E-state index contributed by atoms with van der Waals surface area (Å²) in [5, 5.41) is 0. The summed E-state index contributed by atoms with van der Waals surface area (Å²) in [7, 11) is 1.64. The molecule has 0 aliphatic heterocycles. The van der Waals surface area contributed by atoms with Crippen LogP contribution in [0, 0.1) is 0 Å². The van der Waals surface area contributed by atoms with Gasteiger partial charge in [0.25, 0.3) is 0 Å². The minimum Gasteiger partial charge on any atom is -0.496 e. The van der Waals surface area contributed by atoms with Crippen molar-refractivity contribution < 1.29 is 4.74 Å². The van der Waals surface area contributed by atoms with Crippen molar-refractivity contribution in [1.82, 2.24) is 0 Å². The number of methoxy groups -OCH3 is 1. The molecule has 0 aliphatic rings. The zero-order valence-electron chi connectivity index (χ0n) is 8.42. The van der Waals surface area contributed by atoms with Crippen LogP contribution in [0.3, 0.4) is 0 Å². The van der Waals surface area contributed by atoms with Gasteiger partial charge in [0, 0.05) is 5.56 Å². The Hall–Kier alpha value is -1.76. The van der Waals surface area contributed by atoms with Crippen molar-refractivity contribution in [3.05, 3.63) is 48.6 Å². The molecule has 0 unspecified atom stereocenters. The van der Waals surface area contributed by atoms with Crippen LogP contribution >= 0.6 is 0 Å². The summed E-state index contributed by atoms with van der Waals surface area (Å²) in [6, 6.07) is 3.86. The van der Waals surface area contributed by atoms with Crippen molar-refractivity contribution >= 4 is 18.2 Å². The summed E-state index contributed by atoms with van der Waals surface area (Å²) in [6.07, 6.45) is 5.35. The van der Waals surface area contributed by atoms with E-state index in [2.05, 4.69) is 19.7 Å². The Kier molecular flexibility index (Phi) is 3.29. The van der Waals surface area contributed by atoms with Crippen LogP contribution in [-0.2, 0) is 0 Å². The van der Waals surface area contributed by atoms with Gasteiger partial charge in [-0.1, -0.05) is 44.0 Å². The van der Waals surface area contributed by atoms with Crippen LogP contribution in [0.25, 0.3) is 18.2 Å². The molecule has 1 rings (SSSR count). The first-order valence-corrected chi connectivity index (χ1v) is 4.36. The minimum atomic E-state index is 0.806. The number of rotatable bonds is 4. The smallest absolute Gasteiger partial charge is 0.126 e. The quantitative estimate of drug-likeness (QED) is 0.697. The molecular weight excluding hydrogens is 172 g/mol. The number of hydrogen-bond donors (Lipinski definition) is 0. The molecule has 0 radical (unpaired) electrons. The Morgan fingerprint density at radius 2 is 1.64 bits per heavy atom. The highest BCUT2D eigenvalue weighted by Crippen LogP contribution is 2.28. The monoisotopic (exact) mass is 186 g/mol. The second-order valence-corrected chi connectivity index (χ2v) is 2.80. The lowest BCUT2D eigenvalue weighted by atomic mass is 10.00. The van der Waals surface area contributed by atoms with Crippen molar-refractivity contribution in [3.63, 3.8) is 0 Å². The van der Waals surface area contributed by atoms with E-state index in [1.165, 1.54) is 0 Å². The normalized spacial score (nSPS) is 9.21. The summed E-state index contributed by atoms with van der Waals surface area (Å²) < 4.78 is 5.22. The van der Waals surface area contributed by atoms with E-state index in [4.69, 9.17) is 4.74 Å². The van der Waals surface area contributed by atoms with Gasteiger partial charge in [0.15, 0.2) is 0 Å². The molecule has 0 aliphatic carbocycles. The van der Waals surface area contributed by atoms with Crippen molar-refractivity contribution in [2.45, 2.75) is 0 Å². The average Bonchev–Trinajstić information content (AvgIpc) is 2.26. The average molecular weight is 186 g/mol. The number of ether oxygens (including phenoxy) is 1. The summed E-state index contributed by atoms with van der Waals surface area (Å²) in [6.45, 7) is 11.3. The Labute approximate surface area is 85.0 Å². The molecule has 0 heterocycles. The SMILES string of the molecule is C=Cc1ccc(OC)c(C=C)c1C=C. The second kappa shape index (κ2) is 4.47. The van der Waals surface area contributed by atoms with E-state index in [9.17, 15) is 0 Å². The molecule has 0 N–H and O–H groups in total. The Morgan fingerprint density at radius 1 is 1.00 bits per heavy atom. The van der Waals surface area contributed by atoms with E-state index in [1.54, 1.807) is 25.3 Å². The molecule has 72 valence electrons. The van der Waals surface area contributed by atoms with E-state index in [0.29, 0.717) is 0 Å². The van der Waals surface area contributed by atoms with Crippen molar-refractivity contribution in [2.24, 2.45) is 0 Å². The van der Waals surface area contributed by atoms with Crippen LogP contribution in [0.5, 0.6) is 5.75 Å². The lowest BCUT2D eigenvalue weighted by Crippen LogP contribution is -1.92. The Bertz CT molecular complexity index is 375. The summed E-state index contributed by atoms with van der Waals surface area (Å²) in [4.78, 5) is 0. The summed E-state index contributed by atoms with van der Waals surface area (Å²) >= 11 is 0. The molecule has 0 saturated heterocycles. The van der Waals surface area contributed by atoms with Crippen LogP contribution in [0.2, 0.25) is 0 Å². The standard InChI is InChI=1S/C13H14O/c1-5-10-8-9-13(14-4)12(7-3)11(10)6-2/h5-9H,1-3H2,4H3. The van der Waals surface area contributed by atoms with Gasteiger partial charge < -0.3 is 4.74 Å². The summed E-state index contributed by atoms with van der Waals surface area (Å²) in [5.41, 5.74) is 3.00. The molecule has 0 fully saturated rings. The topological polar surface area (TPSA) is 9.23 Å². The highest BCUT2D eigenvalue weighted by atomic mass is 16.5. The molecule has 1 nitrogen and oxygen atoms in total. The van der Waals surface area contributed by atoms with E-state index < -0.39 is 0 Å². The number of benzene rings is 1. The fourth-order valence-corrected chi connectivity index (χ4v) is 1.43. The molecule has 1 aromatic rings. The van der Waals surface area contributed by atoms with Crippen molar-refractivity contribution in [2.75, 3.05) is 7.11 Å². The van der Waals surface area contributed by atoms with Gasteiger partial charge in [0.1, 0.15) is 5.75 Å². The largest absolute Gasteiger partial charge is 0.496 e. The van der Waals surface area contributed by atoms with Gasteiger partial charge in [-0.2, -0.15) is 0 Å². The zero-order valence-corrected chi connectivity index (χ0v) is 8.42. The second-order valence-electron chi connectivity index (χ2n) is 2.80. The first kappa shape index (κ1) is 10.3. The maximum absolute atomic E-state index is 5.22. The lowest BCUT2D eigenvalue weighted by Gasteiger charge is -2.10. The Morgan fingerprint density at radius 3 is 2.07 bits per heavy atom. The van der Waals surface area contributed by atoms with Gasteiger partial charge in [0.05, 0.1) is 7.11 Å². The van der Waals surface area contributed by atoms with E-state index in [1.807, 2.05) is 12.1 Å². The third-order valence-corrected chi connectivity index (χ3v) is 2.13. The molecule has 0 spiro atoms. The highest BCUT2D eigenvalue weighted by Gasteiger charge is 2.06. The highest BCUT2D eigenvalue weighted by molar-refractivity contribution is 5.76. The van der Waals surface area contributed by atoms with Gasteiger partial charge in [-0.05, 0) is 17.2 Å². The van der Waals surface area contributed by atoms with Crippen LogP contribution in [0.1, 0.15) is 16.7 Å². The van der Waals surface area contributed by atoms with Gasteiger partial charge >= 0.3 is 0 Å². The van der Waals surface area contributed by atoms with Crippen LogP contribution in [0.4, 0.5) is 0 Å². The molecule has 0 amide bonds. The fraction of sp³-hybridized carbons (Fsp3) is 0.0769. The Balaban J connectivity index is 3.50. The third-order valence-electron chi connectivity index (χ3n) is 2.13. The molecule has 14 heavy (non-hydrogen) atoms. The molecular formula is C13H14O. The molecule has 0 aromatic heterocycles. The first-order valence-electron chi connectivity index (χ1n) is 4.36. The van der Waals surface area contributed by atoms with E-state index in [0.717, 1.165) is 22.4 Å². The van der Waals surface area contributed by atoms with Gasteiger partial charge in [-0.15, -0.1) is 0 Å². The third kappa shape index (κ3) is 1.62. The number of hydrogen-bond acceptors (Lipinski definition) is 1. The molecule has 1 heteroatoms. The van der Waals surface area contributed by atoms with Crippen molar-refractivity contribution in [3.8, 4) is 5.75 Å².